The van der Waals surface area contributed by atoms with Gasteiger partial charge in [-0.15, -0.1) is 0 Å². The van der Waals surface area contributed by atoms with Gasteiger partial charge >= 0.3 is 11.5 Å². The van der Waals surface area contributed by atoms with Crippen LogP contribution in [0.3, 0.4) is 0 Å². The lowest BCUT2D eigenvalue weighted by molar-refractivity contribution is -0.424. The van der Waals surface area contributed by atoms with Gasteiger partial charge in [0.1, 0.15) is 12.2 Å². The molecule has 1 aliphatic rings. The lowest BCUT2D eigenvalue weighted by Gasteiger charge is -2.34. The van der Waals surface area contributed by atoms with E-state index in [1.807, 2.05) is 19.1 Å². The summed E-state index contributed by atoms with van der Waals surface area (Å²) in [5.74, 6) is -1.11. The van der Waals surface area contributed by atoms with Gasteiger partial charge in [-0.1, -0.05) is 29.8 Å². The fourth-order valence-electron chi connectivity index (χ4n) is 3.46. The van der Waals surface area contributed by atoms with Gasteiger partial charge in [0.2, 0.25) is 5.91 Å². The topological polar surface area (TPSA) is 128 Å². The van der Waals surface area contributed by atoms with Gasteiger partial charge in [0.05, 0.1) is 10.0 Å². The van der Waals surface area contributed by atoms with E-state index in [4.69, 9.17) is 0 Å². The van der Waals surface area contributed by atoms with Gasteiger partial charge in [-0.3, -0.25) is 19.8 Å². The van der Waals surface area contributed by atoms with Crippen LogP contribution < -0.4 is 0 Å². The first-order chi connectivity index (χ1) is 13.8. The van der Waals surface area contributed by atoms with Crippen molar-refractivity contribution in [3.05, 3.63) is 61.3 Å². The summed E-state index contributed by atoms with van der Waals surface area (Å²) in [7, 11) is 0. The van der Waals surface area contributed by atoms with E-state index in [1.165, 1.54) is 18.1 Å². The van der Waals surface area contributed by atoms with Crippen molar-refractivity contribution < 1.29 is 14.6 Å². The highest BCUT2D eigenvalue weighted by molar-refractivity contribution is 5.76. The van der Waals surface area contributed by atoms with E-state index in [-0.39, 0.29) is 18.1 Å². The standard InChI is InChI=1S/C18H22N6O5/c1-13-4-3-5-15(10-13)11-20-6-8-21(9-7-20)16(25)12-22-14(2)17(23(26)27)18(19-22)24(28)29/h3-5,10H,6-9,11-12H2,1-2H3. The molecule has 11 nitrogen and oxygen atoms in total. The van der Waals surface area contributed by atoms with Crippen LogP contribution >= 0.6 is 0 Å². The van der Waals surface area contributed by atoms with Crippen LogP contribution in [0.1, 0.15) is 16.8 Å². The fourth-order valence-corrected chi connectivity index (χ4v) is 3.46. The summed E-state index contributed by atoms with van der Waals surface area (Å²) in [6.45, 7) is 6.40. The van der Waals surface area contributed by atoms with E-state index in [0.717, 1.165) is 11.2 Å². The van der Waals surface area contributed by atoms with E-state index in [0.29, 0.717) is 26.2 Å². The third-order valence-electron chi connectivity index (χ3n) is 5.01. The van der Waals surface area contributed by atoms with Crippen molar-refractivity contribution in [2.24, 2.45) is 0 Å². The average molecular weight is 402 g/mol. The van der Waals surface area contributed by atoms with Gasteiger partial charge in [0, 0.05) is 32.7 Å². The van der Waals surface area contributed by atoms with E-state index in [1.54, 1.807) is 4.90 Å². The predicted molar refractivity (Wildman–Crippen MR) is 103 cm³/mol. The summed E-state index contributed by atoms with van der Waals surface area (Å²) in [4.78, 5) is 36.9. The molecule has 0 saturated carbocycles. The number of aryl methyl sites for hydroxylation is 1. The lowest BCUT2D eigenvalue weighted by atomic mass is 10.1. The molecule has 2 aromatic rings. The summed E-state index contributed by atoms with van der Waals surface area (Å²) in [5.41, 5.74) is 1.74. The highest BCUT2D eigenvalue weighted by atomic mass is 16.6. The molecule has 0 radical (unpaired) electrons. The maximum Gasteiger partial charge on any atom is 0.468 e. The first kappa shape index (κ1) is 20.4. The van der Waals surface area contributed by atoms with Crippen molar-refractivity contribution in [3.63, 3.8) is 0 Å². The van der Waals surface area contributed by atoms with Crippen molar-refractivity contribution >= 4 is 17.4 Å². The highest BCUT2D eigenvalue weighted by Crippen LogP contribution is 2.29. The molecule has 0 spiro atoms. The number of piperazine rings is 1. The Morgan fingerprint density at radius 2 is 1.79 bits per heavy atom. The molecular weight excluding hydrogens is 380 g/mol. The Bertz CT molecular complexity index is 948. The zero-order valence-electron chi connectivity index (χ0n) is 16.3. The minimum atomic E-state index is -0.907. The largest absolute Gasteiger partial charge is 0.468 e. The molecule has 0 N–H and O–H groups in total. The number of carbonyl (C=O) groups is 1. The Labute approximate surface area is 166 Å². The number of rotatable bonds is 6. The van der Waals surface area contributed by atoms with E-state index in [2.05, 4.69) is 22.1 Å². The quantitative estimate of drug-likeness (QED) is 0.531. The van der Waals surface area contributed by atoms with Crippen LogP contribution in [-0.4, -0.2) is 61.5 Å². The lowest BCUT2D eigenvalue weighted by Crippen LogP contribution is -2.49. The Hall–Kier alpha value is -3.34. The maximum absolute atomic E-state index is 12.6. The SMILES string of the molecule is Cc1cccc(CN2CCN(C(=O)Cn3nc([N+](=O)[O-])c([N+](=O)[O-])c3C)CC2)c1. The van der Waals surface area contributed by atoms with Crippen molar-refractivity contribution in [1.29, 1.82) is 0 Å². The van der Waals surface area contributed by atoms with Gasteiger partial charge < -0.3 is 15.0 Å². The first-order valence-corrected chi connectivity index (χ1v) is 9.18. The number of nitrogens with zero attached hydrogens (tertiary/aromatic N) is 6. The van der Waals surface area contributed by atoms with Crippen molar-refractivity contribution in [2.45, 2.75) is 26.9 Å². The van der Waals surface area contributed by atoms with Gasteiger partial charge in [0.15, 0.2) is 0 Å². The molecule has 1 aliphatic heterocycles. The molecule has 154 valence electrons. The molecule has 2 heterocycles. The summed E-state index contributed by atoms with van der Waals surface area (Å²) in [6.07, 6.45) is 0. The van der Waals surface area contributed by atoms with Crippen molar-refractivity contribution in [3.8, 4) is 0 Å². The molecule has 11 heteroatoms. The molecule has 0 unspecified atom stereocenters. The fraction of sp³-hybridized carbons (Fsp3) is 0.444. The van der Waals surface area contributed by atoms with Gasteiger partial charge in [0.25, 0.3) is 0 Å². The monoisotopic (exact) mass is 402 g/mol. The molecule has 0 bridgehead atoms. The second-order valence-electron chi connectivity index (χ2n) is 7.08. The number of amides is 1. The van der Waals surface area contributed by atoms with Crippen molar-refractivity contribution in [1.82, 2.24) is 19.6 Å². The van der Waals surface area contributed by atoms with Crippen LogP contribution in [0, 0.1) is 34.1 Å². The van der Waals surface area contributed by atoms with E-state index in [9.17, 15) is 25.0 Å². The highest BCUT2D eigenvalue weighted by Gasteiger charge is 2.36. The molecule has 29 heavy (non-hydrogen) atoms. The summed E-state index contributed by atoms with van der Waals surface area (Å²) >= 11 is 0. The van der Waals surface area contributed by atoms with Crippen LogP contribution in [0.5, 0.6) is 0 Å². The minimum Gasteiger partial charge on any atom is -0.358 e. The second-order valence-corrected chi connectivity index (χ2v) is 7.08. The maximum atomic E-state index is 12.6. The van der Waals surface area contributed by atoms with Crippen LogP contribution in [0.4, 0.5) is 11.5 Å². The molecule has 3 rings (SSSR count). The van der Waals surface area contributed by atoms with E-state index >= 15 is 0 Å². The number of benzene rings is 1. The third-order valence-corrected chi connectivity index (χ3v) is 5.01. The van der Waals surface area contributed by atoms with Gasteiger partial charge in [-0.25, -0.2) is 0 Å². The smallest absolute Gasteiger partial charge is 0.358 e. The van der Waals surface area contributed by atoms with E-state index < -0.39 is 21.4 Å². The molecule has 1 aromatic heterocycles. The van der Waals surface area contributed by atoms with Gasteiger partial charge in [-0.2, -0.15) is 4.68 Å². The van der Waals surface area contributed by atoms with Crippen LogP contribution in [-0.2, 0) is 17.9 Å². The summed E-state index contributed by atoms with van der Waals surface area (Å²) in [6, 6.07) is 8.28. The Balaban J connectivity index is 1.61. The second kappa shape index (κ2) is 8.35. The molecule has 1 fully saturated rings. The minimum absolute atomic E-state index is 0.00636. The summed E-state index contributed by atoms with van der Waals surface area (Å²) < 4.78 is 1.04. The first-order valence-electron chi connectivity index (χ1n) is 9.18. The predicted octanol–water partition coefficient (Wildman–Crippen LogP) is 1.66. The molecule has 0 atom stereocenters. The molecule has 1 saturated heterocycles. The zero-order valence-corrected chi connectivity index (χ0v) is 16.3. The van der Waals surface area contributed by atoms with Crippen LogP contribution in [0.25, 0.3) is 0 Å². The van der Waals surface area contributed by atoms with Gasteiger partial charge in [-0.05, 0) is 24.3 Å². The zero-order chi connectivity index (χ0) is 21.1. The Morgan fingerprint density at radius 3 is 2.34 bits per heavy atom. The normalized spacial score (nSPS) is 14.8. The number of carbonyl (C=O) groups excluding carboxylic acids is 1. The number of hydrogen-bond donors (Lipinski definition) is 0. The number of aromatic nitrogens is 2. The Kier molecular flexibility index (Phi) is 5.87. The van der Waals surface area contributed by atoms with Crippen LogP contribution in [0.2, 0.25) is 0 Å². The Morgan fingerprint density at radius 1 is 1.10 bits per heavy atom. The molecule has 0 aliphatic carbocycles. The third kappa shape index (κ3) is 4.57. The molecular formula is C18H22N6O5. The van der Waals surface area contributed by atoms with Crippen LogP contribution in [0.15, 0.2) is 24.3 Å². The molecule has 1 aromatic carbocycles. The summed E-state index contributed by atoms with van der Waals surface area (Å²) in [5, 5.41) is 25.8. The van der Waals surface area contributed by atoms with Crippen molar-refractivity contribution in [2.75, 3.05) is 26.2 Å². The molecule has 1 amide bonds. The number of hydrogen-bond acceptors (Lipinski definition) is 7. The average Bonchev–Trinajstić information content (AvgIpc) is 2.99. The number of nitro groups is 2.